The van der Waals surface area contributed by atoms with Gasteiger partial charge in [-0.25, -0.2) is 0 Å². The van der Waals surface area contributed by atoms with E-state index in [2.05, 4.69) is 6.58 Å². The smallest absolute Gasteiger partial charge is 0.321 e. The maximum absolute atomic E-state index is 12.0. The molecule has 0 amide bonds. The molecule has 15 heavy (non-hydrogen) atoms. The molecule has 0 aliphatic rings. The van der Waals surface area contributed by atoms with Gasteiger partial charge in [-0.1, -0.05) is 18.2 Å². The number of benzene rings is 1. The minimum Gasteiger partial charge on any atom is -0.321 e. The molecule has 0 saturated carbocycles. The van der Waals surface area contributed by atoms with E-state index >= 15 is 0 Å². The van der Waals surface area contributed by atoms with Crippen molar-refractivity contribution >= 4 is 11.8 Å². The molecule has 0 fully saturated rings. The average Bonchev–Trinajstić information content (AvgIpc) is 2.15. The van der Waals surface area contributed by atoms with Crippen molar-refractivity contribution in [1.82, 2.24) is 0 Å². The number of halogens is 3. The molecule has 0 aliphatic carbocycles. The second-order valence-electron chi connectivity index (χ2n) is 2.88. The maximum Gasteiger partial charge on any atom is 0.446 e. The molecular formula is C10H10F3NS. The predicted molar refractivity (Wildman–Crippen MR) is 55.5 cm³/mol. The Bertz CT molecular complexity index is 332. The van der Waals surface area contributed by atoms with Crippen molar-refractivity contribution < 1.29 is 13.2 Å². The van der Waals surface area contributed by atoms with E-state index in [9.17, 15) is 13.2 Å². The molecule has 0 unspecified atom stereocenters. The molecule has 1 rings (SSSR count). The van der Waals surface area contributed by atoms with Gasteiger partial charge in [0.05, 0.1) is 0 Å². The predicted octanol–water partition coefficient (Wildman–Crippen LogP) is 3.48. The van der Waals surface area contributed by atoms with E-state index in [-0.39, 0.29) is 22.7 Å². The second kappa shape index (κ2) is 4.72. The normalized spacial score (nSPS) is 13.6. The quantitative estimate of drug-likeness (QED) is 0.639. The van der Waals surface area contributed by atoms with Gasteiger partial charge in [-0.05, 0) is 29.5 Å². The van der Waals surface area contributed by atoms with Gasteiger partial charge in [-0.2, -0.15) is 13.2 Å². The highest BCUT2D eigenvalue weighted by atomic mass is 32.2. The van der Waals surface area contributed by atoms with Crippen LogP contribution in [-0.4, -0.2) is 5.51 Å². The summed E-state index contributed by atoms with van der Waals surface area (Å²) in [6.45, 7) is 3.51. The first-order valence-electron chi connectivity index (χ1n) is 4.16. The van der Waals surface area contributed by atoms with Crippen molar-refractivity contribution in [3.63, 3.8) is 0 Å². The van der Waals surface area contributed by atoms with Crippen molar-refractivity contribution in [2.24, 2.45) is 5.73 Å². The monoisotopic (exact) mass is 233 g/mol. The molecule has 1 aromatic carbocycles. The Morgan fingerprint density at radius 2 is 1.80 bits per heavy atom. The van der Waals surface area contributed by atoms with Crippen LogP contribution >= 0.6 is 11.8 Å². The Hall–Kier alpha value is -0.940. The number of rotatable bonds is 3. The van der Waals surface area contributed by atoms with Crippen molar-refractivity contribution in [1.29, 1.82) is 0 Å². The van der Waals surface area contributed by atoms with Gasteiger partial charge in [0.2, 0.25) is 0 Å². The highest BCUT2D eigenvalue weighted by Gasteiger charge is 2.28. The molecular weight excluding hydrogens is 223 g/mol. The molecule has 2 N–H and O–H groups in total. The van der Waals surface area contributed by atoms with Crippen molar-refractivity contribution in [3.8, 4) is 0 Å². The van der Waals surface area contributed by atoms with Gasteiger partial charge in [-0.15, -0.1) is 6.58 Å². The lowest BCUT2D eigenvalue weighted by Crippen LogP contribution is -2.06. The summed E-state index contributed by atoms with van der Waals surface area (Å²) in [5.74, 6) is 0. The van der Waals surface area contributed by atoms with Crippen LogP contribution in [0.1, 0.15) is 11.6 Å². The highest BCUT2D eigenvalue weighted by molar-refractivity contribution is 8.00. The molecule has 0 spiro atoms. The minimum atomic E-state index is -4.25. The third-order valence-electron chi connectivity index (χ3n) is 1.75. The van der Waals surface area contributed by atoms with Crippen LogP contribution in [0.15, 0.2) is 41.8 Å². The van der Waals surface area contributed by atoms with E-state index < -0.39 is 5.51 Å². The highest BCUT2D eigenvalue weighted by Crippen LogP contribution is 2.36. The van der Waals surface area contributed by atoms with Crippen LogP contribution in [0, 0.1) is 0 Å². The Morgan fingerprint density at radius 1 is 1.27 bits per heavy atom. The summed E-state index contributed by atoms with van der Waals surface area (Å²) in [4.78, 5) is 0.155. The van der Waals surface area contributed by atoms with E-state index in [1.807, 2.05) is 0 Å². The van der Waals surface area contributed by atoms with Gasteiger partial charge < -0.3 is 5.73 Å². The Labute approximate surface area is 90.2 Å². The molecule has 1 atom stereocenters. The Kier molecular flexibility index (Phi) is 3.82. The van der Waals surface area contributed by atoms with E-state index in [1.54, 1.807) is 12.1 Å². The van der Waals surface area contributed by atoms with Crippen LogP contribution in [-0.2, 0) is 0 Å². The number of thioether (sulfide) groups is 1. The van der Waals surface area contributed by atoms with Gasteiger partial charge in [0.1, 0.15) is 0 Å². The fourth-order valence-corrected chi connectivity index (χ4v) is 1.57. The lowest BCUT2D eigenvalue weighted by atomic mass is 10.1. The van der Waals surface area contributed by atoms with Gasteiger partial charge in [0.25, 0.3) is 0 Å². The molecule has 0 saturated heterocycles. The minimum absolute atomic E-state index is 0.138. The largest absolute Gasteiger partial charge is 0.446 e. The molecule has 5 heteroatoms. The summed E-state index contributed by atoms with van der Waals surface area (Å²) in [5, 5.41) is 0. The summed E-state index contributed by atoms with van der Waals surface area (Å²) in [7, 11) is 0. The number of hydrogen-bond acceptors (Lipinski definition) is 2. The lowest BCUT2D eigenvalue weighted by Gasteiger charge is -2.08. The summed E-state index contributed by atoms with van der Waals surface area (Å²) >= 11 is -0.138. The molecule has 0 bridgehead atoms. The fourth-order valence-electron chi connectivity index (χ4n) is 1.03. The van der Waals surface area contributed by atoms with Gasteiger partial charge in [0, 0.05) is 10.9 Å². The van der Waals surface area contributed by atoms with Crippen LogP contribution in [0.5, 0.6) is 0 Å². The molecule has 1 aromatic rings. The van der Waals surface area contributed by atoms with Crippen LogP contribution in [0.25, 0.3) is 0 Å². The molecule has 0 radical (unpaired) electrons. The molecule has 0 aromatic heterocycles. The zero-order valence-electron chi connectivity index (χ0n) is 7.79. The first-order valence-corrected chi connectivity index (χ1v) is 4.98. The first kappa shape index (κ1) is 12.1. The van der Waals surface area contributed by atoms with Crippen LogP contribution < -0.4 is 5.73 Å². The number of nitrogens with two attached hydrogens (primary N) is 1. The zero-order chi connectivity index (χ0) is 11.5. The van der Waals surface area contributed by atoms with E-state index in [1.165, 1.54) is 18.2 Å². The molecule has 1 nitrogen and oxygen atoms in total. The third kappa shape index (κ3) is 3.97. The van der Waals surface area contributed by atoms with E-state index in [0.29, 0.717) is 0 Å². The van der Waals surface area contributed by atoms with E-state index in [0.717, 1.165) is 5.56 Å². The first-order chi connectivity index (χ1) is 6.92. The Morgan fingerprint density at radius 3 is 2.20 bits per heavy atom. The summed E-state index contributed by atoms with van der Waals surface area (Å²) in [6, 6.07) is 5.60. The second-order valence-corrected chi connectivity index (χ2v) is 4.02. The number of alkyl halides is 3. The molecule has 0 aliphatic heterocycles. The van der Waals surface area contributed by atoms with Crippen molar-refractivity contribution in [2.45, 2.75) is 16.4 Å². The summed E-state index contributed by atoms with van der Waals surface area (Å²) in [6.07, 6.45) is 1.53. The molecule has 82 valence electrons. The van der Waals surface area contributed by atoms with Crippen LogP contribution in [0.3, 0.4) is 0 Å². The summed E-state index contributed by atoms with van der Waals surface area (Å²) in [5.41, 5.74) is 2.12. The zero-order valence-corrected chi connectivity index (χ0v) is 8.61. The summed E-state index contributed by atoms with van der Waals surface area (Å²) < 4.78 is 36.0. The number of hydrogen-bond donors (Lipinski definition) is 1. The SMILES string of the molecule is C=C[C@H](N)c1ccc(SC(F)(F)F)cc1. The van der Waals surface area contributed by atoms with E-state index in [4.69, 9.17) is 5.73 Å². The van der Waals surface area contributed by atoms with Crippen LogP contribution in [0.4, 0.5) is 13.2 Å². The lowest BCUT2D eigenvalue weighted by molar-refractivity contribution is -0.0328. The van der Waals surface area contributed by atoms with Crippen molar-refractivity contribution in [3.05, 3.63) is 42.5 Å². The molecule has 0 heterocycles. The standard InChI is InChI=1S/C10H10F3NS/c1-2-9(14)7-3-5-8(6-4-7)15-10(11,12)13/h2-6,9H,1,14H2/t9-/m0/s1. The Balaban J connectivity index is 2.77. The van der Waals surface area contributed by atoms with Gasteiger partial charge in [-0.3, -0.25) is 0 Å². The average molecular weight is 233 g/mol. The topological polar surface area (TPSA) is 26.0 Å². The fraction of sp³-hybridized carbons (Fsp3) is 0.200. The third-order valence-corrected chi connectivity index (χ3v) is 2.49. The van der Waals surface area contributed by atoms with Gasteiger partial charge >= 0.3 is 5.51 Å². The van der Waals surface area contributed by atoms with Crippen molar-refractivity contribution in [2.75, 3.05) is 0 Å². The van der Waals surface area contributed by atoms with Gasteiger partial charge in [0.15, 0.2) is 0 Å². The maximum atomic E-state index is 12.0. The van der Waals surface area contributed by atoms with Crippen LogP contribution in [0.2, 0.25) is 0 Å².